The molecule has 4 aromatic rings. The van der Waals surface area contributed by atoms with E-state index < -0.39 is 12.7 Å². The lowest BCUT2D eigenvalue weighted by atomic mass is 9.80. The van der Waals surface area contributed by atoms with Gasteiger partial charge >= 0.3 is 12.7 Å². The van der Waals surface area contributed by atoms with Gasteiger partial charge in [0.25, 0.3) is 5.91 Å². The largest absolute Gasteiger partial charge is 0.488 e. The van der Waals surface area contributed by atoms with Crippen molar-refractivity contribution in [1.29, 1.82) is 0 Å². The lowest BCUT2D eigenvalue weighted by molar-refractivity contribution is 0.0941. The first kappa shape index (κ1) is 19.5. The second kappa shape index (κ2) is 7.90. The van der Waals surface area contributed by atoms with Gasteiger partial charge in [-0.3, -0.25) is 14.6 Å². The number of nitrogens with one attached hydrogen (secondary N) is 2. The topological polar surface area (TPSA) is 116 Å². The third-order valence-electron chi connectivity index (χ3n) is 4.71. The molecule has 0 saturated carbocycles. The van der Waals surface area contributed by atoms with E-state index in [4.69, 9.17) is 4.42 Å². The Kier molecular flexibility index (Phi) is 5.13. The van der Waals surface area contributed by atoms with E-state index in [0.29, 0.717) is 27.6 Å². The summed E-state index contributed by atoms with van der Waals surface area (Å²) in [7, 11) is -1.54. The number of hydrogen-bond acceptors (Lipinski definition) is 6. The lowest BCUT2D eigenvalue weighted by Gasteiger charge is -2.08. The number of rotatable bonds is 5. The Labute approximate surface area is 171 Å². The molecule has 0 fully saturated rings. The molecule has 0 saturated heterocycles. The summed E-state index contributed by atoms with van der Waals surface area (Å²) in [5, 5.41) is 18.8. The van der Waals surface area contributed by atoms with Crippen LogP contribution in [0.5, 0.6) is 0 Å². The minimum Gasteiger partial charge on any atom is -0.423 e. The van der Waals surface area contributed by atoms with Gasteiger partial charge in [0.1, 0.15) is 0 Å². The highest BCUT2D eigenvalue weighted by atomic mass is 16.4. The first-order valence-electron chi connectivity index (χ1n) is 9.17. The molecule has 30 heavy (non-hydrogen) atoms. The number of carbonyl (C=O) groups is 1. The van der Waals surface area contributed by atoms with Gasteiger partial charge in [-0.1, -0.05) is 24.3 Å². The molecule has 9 heteroatoms. The van der Waals surface area contributed by atoms with Crippen molar-refractivity contribution in [1.82, 2.24) is 15.3 Å². The van der Waals surface area contributed by atoms with Crippen molar-refractivity contribution in [3.05, 3.63) is 88.0 Å². The fourth-order valence-electron chi connectivity index (χ4n) is 3.22. The molecule has 0 aliphatic carbocycles. The summed E-state index contributed by atoms with van der Waals surface area (Å²) in [4.78, 5) is 24.7. The van der Waals surface area contributed by atoms with Gasteiger partial charge in [-0.25, -0.2) is 4.79 Å². The summed E-state index contributed by atoms with van der Waals surface area (Å²) in [6, 6.07) is 15.0. The highest BCUT2D eigenvalue weighted by Crippen LogP contribution is 2.18. The molecule has 0 radical (unpaired) electrons. The molecule has 0 bridgehead atoms. The van der Waals surface area contributed by atoms with Crippen molar-refractivity contribution in [2.24, 2.45) is 0 Å². The number of amides is 1. The third kappa shape index (κ3) is 3.71. The number of hydrogen-bond donors (Lipinski definition) is 4. The summed E-state index contributed by atoms with van der Waals surface area (Å²) in [6.07, 6.45) is 3.19. The predicted octanol–water partition coefficient (Wildman–Crippen LogP) is 0.939. The quantitative estimate of drug-likeness (QED) is 0.291. The number of carbonyl (C=O) groups excluding carboxylic acids is 1. The zero-order valence-electron chi connectivity index (χ0n) is 16.0. The Morgan fingerprint density at radius 3 is 2.77 bits per heavy atom. The smallest absolute Gasteiger partial charge is 0.423 e. The van der Waals surface area contributed by atoms with Gasteiger partial charge in [0.15, 0.2) is 0 Å². The highest BCUT2D eigenvalue weighted by Gasteiger charge is 2.13. The molecule has 8 nitrogen and oxygen atoms in total. The van der Waals surface area contributed by atoms with Crippen molar-refractivity contribution in [3.8, 4) is 0 Å². The molecule has 0 aliphatic rings. The first-order valence-corrected chi connectivity index (χ1v) is 9.17. The molecular formula is C21H18BN3O5. The average Bonchev–Trinajstić information content (AvgIpc) is 3.11. The van der Waals surface area contributed by atoms with Crippen LogP contribution in [-0.2, 0) is 0 Å². The van der Waals surface area contributed by atoms with Crippen molar-refractivity contribution in [2.45, 2.75) is 6.92 Å². The van der Waals surface area contributed by atoms with Crippen LogP contribution in [0.25, 0.3) is 22.7 Å². The van der Waals surface area contributed by atoms with Crippen LogP contribution in [0.15, 0.2) is 70.0 Å². The molecule has 2 aromatic heterocycles. The monoisotopic (exact) mass is 403 g/mol. The summed E-state index contributed by atoms with van der Waals surface area (Å²) in [6.45, 7) is 1.89. The van der Waals surface area contributed by atoms with E-state index in [9.17, 15) is 19.6 Å². The number of aromatic nitrogens is 1. The van der Waals surface area contributed by atoms with E-state index in [1.807, 2.05) is 13.0 Å². The molecule has 4 N–H and O–H groups in total. The summed E-state index contributed by atoms with van der Waals surface area (Å²) >= 11 is 0. The second-order valence-electron chi connectivity index (χ2n) is 6.75. The van der Waals surface area contributed by atoms with Gasteiger partial charge in [-0.05, 0) is 48.3 Å². The average molecular weight is 403 g/mol. The van der Waals surface area contributed by atoms with Crippen molar-refractivity contribution in [3.63, 3.8) is 0 Å². The number of nitrogens with zero attached hydrogens (tertiary/aromatic N) is 1. The molecule has 2 aromatic carbocycles. The van der Waals surface area contributed by atoms with Crippen LogP contribution in [0, 0.1) is 6.92 Å². The van der Waals surface area contributed by atoms with Gasteiger partial charge < -0.3 is 19.9 Å². The third-order valence-corrected chi connectivity index (χ3v) is 4.71. The minimum atomic E-state index is -1.54. The molecule has 150 valence electrons. The van der Waals surface area contributed by atoms with Crippen molar-refractivity contribution in [2.75, 3.05) is 0 Å². The maximum atomic E-state index is 12.5. The number of fused-ring (bicyclic) bond motifs is 3. The molecule has 0 aliphatic heterocycles. The van der Waals surface area contributed by atoms with E-state index in [1.54, 1.807) is 59.0 Å². The van der Waals surface area contributed by atoms with E-state index in [1.165, 1.54) is 6.20 Å². The zero-order valence-corrected chi connectivity index (χ0v) is 16.0. The Balaban J connectivity index is 1.52. The first-order chi connectivity index (χ1) is 14.4. The van der Waals surface area contributed by atoms with E-state index in [2.05, 4.69) is 10.9 Å². The molecule has 0 unspecified atom stereocenters. The Morgan fingerprint density at radius 1 is 1.13 bits per heavy atom. The Morgan fingerprint density at radius 2 is 1.97 bits per heavy atom. The van der Waals surface area contributed by atoms with Crippen LogP contribution >= 0.6 is 0 Å². The van der Waals surface area contributed by atoms with Gasteiger partial charge in [0.2, 0.25) is 5.71 Å². The van der Waals surface area contributed by atoms with E-state index >= 15 is 0 Å². The van der Waals surface area contributed by atoms with Crippen molar-refractivity contribution >= 4 is 41.2 Å². The summed E-state index contributed by atoms with van der Waals surface area (Å²) in [5.74, 6) is -0.382. The molecular weight excluding hydrogens is 385 g/mol. The van der Waals surface area contributed by atoms with Crippen LogP contribution in [0.1, 0.15) is 21.6 Å². The number of benzene rings is 2. The second-order valence-corrected chi connectivity index (χ2v) is 6.75. The molecule has 1 amide bonds. The highest BCUT2D eigenvalue weighted by molar-refractivity contribution is 6.58. The van der Waals surface area contributed by atoms with Crippen LogP contribution in [-0.4, -0.2) is 27.5 Å². The van der Waals surface area contributed by atoms with Gasteiger partial charge in [0.05, 0.1) is 10.9 Å². The number of hydrazine groups is 1. The maximum Gasteiger partial charge on any atom is 0.488 e. The molecule has 0 spiro atoms. The maximum absolute atomic E-state index is 12.5. The van der Waals surface area contributed by atoms with Crippen LogP contribution in [0.4, 0.5) is 0 Å². The SMILES string of the molecule is Cc1ccc2oc(=O)c3ccc(C(=O)NN/C=C\c4cccc(B(O)O)c4)cc3n12. The van der Waals surface area contributed by atoms with E-state index in [0.717, 1.165) is 11.3 Å². The van der Waals surface area contributed by atoms with Crippen LogP contribution in [0.3, 0.4) is 0 Å². The Hall–Kier alpha value is -3.82. The molecule has 4 rings (SSSR count). The standard InChI is InChI=1S/C21H18BN3O5/c1-13-5-8-19-25(13)18-12-15(6-7-17(18)21(27)30-19)20(26)24-23-10-9-14-3-2-4-16(11-14)22(28)29/h2-12,23,28-29H,1H3,(H,24,26)/b10-9-. The summed E-state index contributed by atoms with van der Waals surface area (Å²) in [5.41, 5.74) is 8.14. The van der Waals surface area contributed by atoms with Crippen LogP contribution < -0.4 is 21.9 Å². The van der Waals surface area contributed by atoms with E-state index in [-0.39, 0.29) is 5.91 Å². The van der Waals surface area contributed by atoms with Crippen LogP contribution in [0.2, 0.25) is 0 Å². The Bertz CT molecular complexity index is 1340. The van der Waals surface area contributed by atoms with Gasteiger partial charge in [-0.15, -0.1) is 0 Å². The normalized spacial score (nSPS) is 11.3. The fourth-order valence-corrected chi connectivity index (χ4v) is 3.22. The summed E-state index contributed by atoms with van der Waals surface area (Å²) < 4.78 is 7.08. The van der Waals surface area contributed by atoms with Gasteiger partial charge in [0, 0.05) is 23.5 Å². The predicted molar refractivity (Wildman–Crippen MR) is 114 cm³/mol. The minimum absolute atomic E-state index is 0.369. The van der Waals surface area contributed by atoms with Gasteiger partial charge in [-0.2, -0.15) is 0 Å². The molecule has 2 heterocycles. The zero-order chi connectivity index (χ0) is 21.3. The number of aryl methyl sites for hydroxylation is 1. The van der Waals surface area contributed by atoms with Crippen molar-refractivity contribution < 1.29 is 19.3 Å². The molecule has 0 atom stereocenters. The lowest BCUT2D eigenvalue weighted by Crippen LogP contribution is -2.33. The fraction of sp³-hybridized carbons (Fsp3) is 0.0476.